The third kappa shape index (κ3) is 6.07. The van der Waals surface area contributed by atoms with Crippen molar-refractivity contribution in [3.05, 3.63) is 41.6 Å². The Hall–Kier alpha value is -2.39. The molecule has 1 aromatic carbocycles. The predicted octanol–water partition coefficient (Wildman–Crippen LogP) is 3.96. The predicted molar refractivity (Wildman–Crippen MR) is 96.9 cm³/mol. The molecule has 1 atom stereocenters. The third-order valence-electron chi connectivity index (χ3n) is 3.96. The Morgan fingerprint density at radius 1 is 1.30 bits per heavy atom. The van der Waals surface area contributed by atoms with E-state index in [-0.39, 0.29) is 24.4 Å². The van der Waals surface area contributed by atoms with Crippen LogP contribution in [0, 0.1) is 0 Å². The van der Waals surface area contributed by atoms with Crippen molar-refractivity contribution in [3.63, 3.8) is 0 Å². The van der Waals surface area contributed by atoms with Crippen LogP contribution in [0.3, 0.4) is 0 Å². The summed E-state index contributed by atoms with van der Waals surface area (Å²) in [5.74, 6) is -0.247. The van der Waals surface area contributed by atoms with E-state index in [1.807, 2.05) is 6.92 Å². The average molecular weight is 384 g/mol. The Balaban J connectivity index is 2.29. The molecule has 0 spiro atoms. The molecule has 0 saturated carbocycles. The number of alkyl halides is 3. The second kappa shape index (κ2) is 9.52. The van der Waals surface area contributed by atoms with Gasteiger partial charge < -0.3 is 20.5 Å². The topological polar surface area (TPSA) is 79.3 Å². The molecule has 6 nitrogen and oxygen atoms in total. The van der Waals surface area contributed by atoms with Crippen molar-refractivity contribution in [2.24, 2.45) is 0 Å². The molecule has 0 radical (unpaired) electrons. The highest BCUT2D eigenvalue weighted by Crippen LogP contribution is 2.34. The summed E-state index contributed by atoms with van der Waals surface area (Å²) in [6, 6.07) is 6.61. The van der Waals surface area contributed by atoms with E-state index >= 15 is 0 Å². The van der Waals surface area contributed by atoms with Crippen LogP contribution in [-0.4, -0.2) is 34.8 Å². The Morgan fingerprint density at radius 3 is 2.70 bits per heavy atom. The normalized spacial score (nSPS) is 12.7. The molecule has 27 heavy (non-hydrogen) atoms. The highest BCUT2D eigenvalue weighted by Gasteiger charge is 2.35. The molecule has 2 rings (SSSR count). The molecule has 0 saturated heterocycles. The van der Waals surface area contributed by atoms with E-state index < -0.39 is 11.7 Å². The standard InChI is InChI=1S/C18H23F3N4O2/c1-3-13(7-8-27-2)23-16-15(18(19,20)21)10-22-17(25-16)24-14-6-4-5-12(9-14)11-26/h4-6,9-10,13,26H,3,7-8,11H2,1-2H3,(H2,22,23,24,25). The summed E-state index contributed by atoms with van der Waals surface area (Å²) in [6.45, 7) is 2.16. The second-order valence-electron chi connectivity index (χ2n) is 5.97. The maximum absolute atomic E-state index is 13.3. The van der Waals surface area contributed by atoms with Gasteiger partial charge in [0.1, 0.15) is 11.4 Å². The number of hydrogen-bond acceptors (Lipinski definition) is 6. The minimum atomic E-state index is -4.57. The molecule has 1 aromatic heterocycles. The minimum Gasteiger partial charge on any atom is -0.392 e. The number of nitrogens with zero attached hydrogens (tertiary/aromatic N) is 2. The van der Waals surface area contributed by atoms with E-state index in [1.54, 1.807) is 31.4 Å². The molecule has 0 bridgehead atoms. The van der Waals surface area contributed by atoms with Crippen molar-refractivity contribution in [1.29, 1.82) is 0 Å². The zero-order chi connectivity index (χ0) is 19.9. The first-order chi connectivity index (χ1) is 12.9. The number of ether oxygens (including phenoxy) is 1. The molecule has 0 amide bonds. The number of aliphatic hydroxyl groups excluding tert-OH is 1. The number of halogens is 3. The SMILES string of the molecule is CCC(CCOC)Nc1nc(Nc2cccc(CO)c2)ncc1C(F)(F)F. The van der Waals surface area contributed by atoms with Gasteiger partial charge in [-0.1, -0.05) is 19.1 Å². The number of aliphatic hydroxyl groups is 1. The maximum atomic E-state index is 13.3. The van der Waals surface area contributed by atoms with Crippen LogP contribution >= 0.6 is 0 Å². The smallest absolute Gasteiger partial charge is 0.392 e. The minimum absolute atomic E-state index is 0.0298. The summed E-state index contributed by atoms with van der Waals surface area (Å²) in [7, 11) is 1.54. The number of nitrogens with one attached hydrogen (secondary N) is 2. The van der Waals surface area contributed by atoms with Gasteiger partial charge in [-0.3, -0.25) is 0 Å². The molecule has 0 aliphatic rings. The van der Waals surface area contributed by atoms with Crippen LogP contribution in [0.1, 0.15) is 30.9 Å². The summed E-state index contributed by atoms with van der Waals surface area (Å²) >= 11 is 0. The number of anilines is 3. The van der Waals surface area contributed by atoms with E-state index in [0.717, 1.165) is 6.20 Å². The number of hydrogen-bond donors (Lipinski definition) is 3. The van der Waals surface area contributed by atoms with Crippen LogP contribution < -0.4 is 10.6 Å². The van der Waals surface area contributed by atoms with Crippen molar-refractivity contribution in [1.82, 2.24) is 9.97 Å². The first kappa shape index (κ1) is 20.9. The van der Waals surface area contributed by atoms with Crippen LogP contribution in [-0.2, 0) is 17.5 Å². The van der Waals surface area contributed by atoms with Crippen LogP contribution in [0.25, 0.3) is 0 Å². The van der Waals surface area contributed by atoms with Gasteiger partial charge in [0.05, 0.1) is 6.61 Å². The lowest BCUT2D eigenvalue weighted by Crippen LogP contribution is -2.24. The monoisotopic (exact) mass is 384 g/mol. The van der Waals surface area contributed by atoms with E-state index in [0.29, 0.717) is 30.7 Å². The van der Waals surface area contributed by atoms with Crippen molar-refractivity contribution in [3.8, 4) is 0 Å². The van der Waals surface area contributed by atoms with Crippen molar-refractivity contribution in [2.45, 2.75) is 38.6 Å². The van der Waals surface area contributed by atoms with Gasteiger partial charge in [-0.2, -0.15) is 18.2 Å². The second-order valence-corrected chi connectivity index (χ2v) is 5.97. The van der Waals surface area contributed by atoms with Gasteiger partial charge in [-0.15, -0.1) is 0 Å². The molecule has 0 aliphatic carbocycles. The lowest BCUT2D eigenvalue weighted by molar-refractivity contribution is -0.137. The maximum Gasteiger partial charge on any atom is 0.421 e. The van der Waals surface area contributed by atoms with Gasteiger partial charge in [0.25, 0.3) is 0 Å². The number of methoxy groups -OCH3 is 1. The fraction of sp³-hybridized carbons (Fsp3) is 0.444. The molecule has 3 N–H and O–H groups in total. The largest absolute Gasteiger partial charge is 0.421 e. The fourth-order valence-electron chi connectivity index (χ4n) is 2.47. The molecular formula is C18H23F3N4O2. The summed E-state index contributed by atoms with van der Waals surface area (Å²) in [5.41, 5.74) is 0.308. The lowest BCUT2D eigenvalue weighted by Gasteiger charge is -2.20. The first-order valence-electron chi connectivity index (χ1n) is 8.53. The fourth-order valence-corrected chi connectivity index (χ4v) is 2.47. The van der Waals surface area contributed by atoms with Crippen molar-refractivity contribution < 1.29 is 23.0 Å². The Morgan fingerprint density at radius 2 is 2.07 bits per heavy atom. The summed E-state index contributed by atoms with van der Waals surface area (Å²) in [6.07, 6.45) is -2.64. The molecule has 0 aliphatic heterocycles. The summed E-state index contributed by atoms with van der Waals surface area (Å²) in [4.78, 5) is 7.81. The number of rotatable bonds is 9. The molecule has 1 unspecified atom stereocenters. The third-order valence-corrected chi connectivity index (χ3v) is 3.96. The summed E-state index contributed by atoms with van der Waals surface area (Å²) < 4.78 is 45.0. The number of aromatic nitrogens is 2. The average Bonchev–Trinajstić information content (AvgIpc) is 2.64. The van der Waals surface area contributed by atoms with Crippen molar-refractivity contribution in [2.75, 3.05) is 24.4 Å². The van der Waals surface area contributed by atoms with Crippen molar-refractivity contribution >= 4 is 17.5 Å². The van der Waals surface area contributed by atoms with Gasteiger partial charge >= 0.3 is 6.18 Å². The Labute approximate surface area is 155 Å². The van der Waals surface area contributed by atoms with Gasteiger partial charge in [0.2, 0.25) is 5.95 Å². The highest BCUT2D eigenvalue weighted by atomic mass is 19.4. The highest BCUT2D eigenvalue weighted by molar-refractivity contribution is 5.57. The molecular weight excluding hydrogens is 361 g/mol. The molecule has 148 valence electrons. The van der Waals surface area contributed by atoms with Gasteiger partial charge in [0, 0.05) is 31.6 Å². The molecule has 1 heterocycles. The molecule has 2 aromatic rings. The van der Waals surface area contributed by atoms with Crippen LogP contribution in [0.4, 0.5) is 30.6 Å². The molecule has 9 heteroatoms. The Bertz CT molecular complexity index is 741. The van der Waals surface area contributed by atoms with E-state index in [1.165, 1.54) is 0 Å². The molecule has 0 fully saturated rings. The number of benzene rings is 1. The van der Waals surface area contributed by atoms with Crippen LogP contribution in [0.2, 0.25) is 0 Å². The Kier molecular flexibility index (Phi) is 7.37. The van der Waals surface area contributed by atoms with Gasteiger partial charge in [0.15, 0.2) is 0 Å². The van der Waals surface area contributed by atoms with Gasteiger partial charge in [-0.25, -0.2) is 4.98 Å². The van der Waals surface area contributed by atoms with Crippen LogP contribution in [0.15, 0.2) is 30.5 Å². The quantitative estimate of drug-likeness (QED) is 0.607. The zero-order valence-corrected chi connectivity index (χ0v) is 15.2. The van der Waals surface area contributed by atoms with Gasteiger partial charge in [-0.05, 0) is 30.5 Å². The lowest BCUT2D eigenvalue weighted by atomic mass is 10.1. The summed E-state index contributed by atoms with van der Waals surface area (Å²) in [5, 5.41) is 14.9. The van der Waals surface area contributed by atoms with Crippen LogP contribution in [0.5, 0.6) is 0 Å². The first-order valence-corrected chi connectivity index (χ1v) is 8.53. The zero-order valence-electron chi connectivity index (χ0n) is 15.2. The van der Waals surface area contributed by atoms with E-state index in [2.05, 4.69) is 20.6 Å². The van der Waals surface area contributed by atoms with E-state index in [4.69, 9.17) is 4.74 Å². The van der Waals surface area contributed by atoms with E-state index in [9.17, 15) is 18.3 Å².